The third-order valence-corrected chi connectivity index (χ3v) is 9.11. The van der Waals surface area contributed by atoms with Crippen LogP contribution in [0.15, 0.2) is 48.5 Å². The molecule has 0 aromatic heterocycles. The number of nitrogens with zero attached hydrogens (tertiary/aromatic N) is 1. The number of carbonyl (C=O) groups excluding carboxylic acids is 2. The van der Waals surface area contributed by atoms with Crippen molar-refractivity contribution in [2.75, 3.05) is 25.0 Å². The van der Waals surface area contributed by atoms with E-state index in [4.69, 9.17) is 14.7 Å². The van der Waals surface area contributed by atoms with Crippen molar-refractivity contribution in [3.8, 4) is 0 Å². The summed E-state index contributed by atoms with van der Waals surface area (Å²) in [7, 11) is 0. The van der Waals surface area contributed by atoms with Crippen molar-refractivity contribution >= 4 is 17.5 Å². The highest BCUT2D eigenvalue weighted by Crippen LogP contribution is 2.38. The van der Waals surface area contributed by atoms with Gasteiger partial charge in [0.25, 0.3) is 0 Å². The molecule has 48 heavy (non-hydrogen) atoms. The Labute approximate surface area is 288 Å². The van der Waals surface area contributed by atoms with Gasteiger partial charge in [-0.2, -0.15) is 0 Å². The van der Waals surface area contributed by atoms with Crippen LogP contribution in [0.4, 0.5) is 5.69 Å². The lowest BCUT2D eigenvalue weighted by Crippen LogP contribution is -2.40. The molecule has 1 heterocycles. The van der Waals surface area contributed by atoms with E-state index in [1.54, 1.807) is 5.48 Å². The lowest BCUT2D eigenvalue weighted by Gasteiger charge is -2.38. The quantitative estimate of drug-likeness (QED) is 0.0504. The van der Waals surface area contributed by atoms with Crippen LogP contribution in [0.2, 0.25) is 0 Å². The van der Waals surface area contributed by atoms with Crippen LogP contribution in [0, 0.1) is 0 Å². The Morgan fingerprint density at radius 2 is 1.40 bits per heavy atom. The molecule has 0 saturated carbocycles. The van der Waals surface area contributed by atoms with E-state index >= 15 is 0 Å². The molecule has 2 amide bonds. The van der Waals surface area contributed by atoms with Gasteiger partial charge in [0.15, 0.2) is 6.29 Å². The first-order valence-electron chi connectivity index (χ1n) is 18.5. The second-order valence-corrected chi connectivity index (χ2v) is 13.2. The molecular weight excluding hydrogens is 606 g/mol. The smallest absolute Gasteiger partial charge is 0.243 e. The van der Waals surface area contributed by atoms with E-state index < -0.39 is 12.2 Å². The van der Waals surface area contributed by atoms with E-state index in [0.29, 0.717) is 12.1 Å². The van der Waals surface area contributed by atoms with Crippen molar-refractivity contribution in [3.05, 3.63) is 65.2 Å². The molecule has 2 aromatic carbocycles. The zero-order valence-electron chi connectivity index (χ0n) is 29.5. The Bertz CT molecular complexity index is 1160. The van der Waals surface area contributed by atoms with E-state index in [-0.39, 0.29) is 37.6 Å². The maximum Gasteiger partial charge on any atom is 0.243 e. The summed E-state index contributed by atoms with van der Waals surface area (Å²) in [6, 6.07) is 15.5. The second kappa shape index (κ2) is 23.5. The van der Waals surface area contributed by atoms with Gasteiger partial charge < -0.3 is 24.8 Å². The number of rotatable bonds is 24. The van der Waals surface area contributed by atoms with Gasteiger partial charge in [-0.25, -0.2) is 5.48 Å². The fourth-order valence-corrected chi connectivity index (χ4v) is 6.30. The van der Waals surface area contributed by atoms with Gasteiger partial charge in [-0.15, -0.1) is 0 Å². The number of hydrogen-bond acceptors (Lipinski definition) is 7. The summed E-state index contributed by atoms with van der Waals surface area (Å²) in [5.74, 6) is -0.716. The minimum absolute atomic E-state index is 0.000836. The molecule has 0 radical (unpaired) electrons. The standard InChI is InChI=1S/C39H61N3O6/c1-3-5-7-9-11-13-25-42(26-14-12-10-8-6-4-2)29-35-28-36(32-23-21-31(30-43)22-24-32)48-39(47-35)33-17-15-18-34(27-33)40-37(44)19-16-20-38(45)41-46/h15,17-18,21-24,27,35-36,39,43,46H,3-14,16,19-20,25-26,28-30H2,1-2H3,(H,40,44)(H,41,45). The predicted octanol–water partition coefficient (Wildman–Crippen LogP) is 8.36. The zero-order valence-corrected chi connectivity index (χ0v) is 29.5. The summed E-state index contributed by atoms with van der Waals surface area (Å²) in [6.07, 6.45) is 15.8. The highest BCUT2D eigenvalue weighted by Gasteiger charge is 2.33. The molecule has 0 bridgehead atoms. The average Bonchev–Trinajstić information content (AvgIpc) is 3.11. The van der Waals surface area contributed by atoms with Crippen molar-refractivity contribution < 1.29 is 29.4 Å². The molecule has 4 N–H and O–H groups in total. The number of aliphatic hydroxyl groups excluding tert-OH is 1. The number of hydrogen-bond donors (Lipinski definition) is 4. The maximum absolute atomic E-state index is 12.6. The van der Waals surface area contributed by atoms with Crippen molar-refractivity contribution in [3.63, 3.8) is 0 Å². The number of amides is 2. The molecule has 0 spiro atoms. The van der Waals surface area contributed by atoms with Crippen molar-refractivity contribution in [1.82, 2.24) is 10.4 Å². The molecule has 3 atom stereocenters. The van der Waals surface area contributed by atoms with E-state index in [0.717, 1.165) is 42.7 Å². The average molecular weight is 668 g/mol. The van der Waals surface area contributed by atoms with Crippen molar-refractivity contribution in [1.29, 1.82) is 0 Å². The lowest BCUT2D eigenvalue weighted by molar-refractivity contribution is -0.253. The molecule has 1 fully saturated rings. The number of ether oxygens (including phenoxy) is 2. The minimum atomic E-state index is -0.610. The van der Waals surface area contributed by atoms with E-state index in [1.165, 1.54) is 77.0 Å². The van der Waals surface area contributed by atoms with Crippen LogP contribution in [0.1, 0.15) is 146 Å². The van der Waals surface area contributed by atoms with Gasteiger partial charge >= 0.3 is 0 Å². The van der Waals surface area contributed by atoms with Crippen LogP contribution < -0.4 is 10.8 Å². The predicted molar refractivity (Wildman–Crippen MR) is 190 cm³/mol. The van der Waals surface area contributed by atoms with Crippen LogP contribution in [0.3, 0.4) is 0 Å². The molecule has 2 aromatic rings. The van der Waals surface area contributed by atoms with Gasteiger partial charge in [0, 0.05) is 37.1 Å². The molecule has 1 aliphatic heterocycles. The third-order valence-electron chi connectivity index (χ3n) is 9.11. The van der Waals surface area contributed by atoms with Gasteiger partial charge in [0.1, 0.15) is 0 Å². The fourth-order valence-electron chi connectivity index (χ4n) is 6.30. The molecule has 3 unspecified atom stereocenters. The first kappa shape index (κ1) is 39.6. The van der Waals surface area contributed by atoms with Gasteiger partial charge in [-0.05, 0) is 55.6 Å². The van der Waals surface area contributed by atoms with Crippen molar-refractivity contribution in [2.24, 2.45) is 0 Å². The number of aliphatic hydroxyl groups is 1. The molecular formula is C39H61N3O6. The van der Waals surface area contributed by atoms with Crippen LogP contribution >= 0.6 is 0 Å². The van der Waals surface area contributed by atoms with Crippen LogP contribution in [-0.4, -0.2) is 52.8 Å². The van der Waals surface area contributed by atoms with Gasteiger partial charge in [-0.1, -0.05) is 114 Å². The summed E-state index contributed by atoms with van der Waals surface area (Å²) in [4.78, 5) is 26.5. The topological polar surface area (TPSA) is 120 Å². The Balaban J connectivity index is 1.72. The molecule has 1 aliphatic rings. The molecule has 9 heteroatoms. The van der Waals surface area contributed by atoms with Gasteiger partial charge in [0.05, 0.1) is 18.8 Å². The number of carbonyl (C=O) groups is 2. The monoisotopic (exact) mass is 667 g/mol. The Morgan fingerprint density at radius 1 is 0.771 bits per heavy atom. The van der Waals surface area contributed by atoms with Crippen LogP contribution in [-0.2, 0) is 25.7 Å². The van der Waals surface area contributed by atoms with E-state index in [9.17, 15) is 14.7 Å². The number of hydroxylamine groups is 1. The largest absolute Gasteiger partial charge is 0.392 e. The Morgan fingerprint density at radius 3 is 2.02 bits per heavy atom. The number of anilines is 1. The normalized spacial score (nSPS) is 17.8. The first-order valence-corrected chi connectivity index (χ1v) is 18.5. The van der Waals surface area contributed by atoms with Gasteiger partial charge in [-0.3, -0.25) is 14.8 Å². The molecule has 9 nitrogen and oxygen atoms in total. The third kappa shape index (κ3) is 15.2. The summed E-state index contributed by atoms with van der Waals surface area (Å²) in [5, 5.41) is 21.2. The maximum atomic E-state index is 12.6. The van der Waals surface area contributed by atoms with Crippen LogP contribution in [0.25, 0.3) is 0 Å². The number of unbranched alkanes of at least 4 members (excludes halogenated alkanes) is 10. The first-order chi connectivity index (χ1) is 23.4. The van der Waals surface area contributed by atoms with Crippen LogP contribution in [0.5, 0.6) is 0 Å². The van der Waals surface area contributed by atoms with E-state index in [1.807, 2.05) is 48.5 Å². The second-order valence-electron chi connectivity index (χ2n) is 13.2. The fraction of sp³-hybridized carbons (Fsp3) is 0.641. The van der Waals surface area contributed by atoms with E-state index in [2.05, 4.69) is 24.1 Å². The number of nitrogens with one attached hydrogen (secondary N) is 2. The Hall–Kier alpha value is -2.82. The molecule has 3 rings (SSSR count). The molecule has 1 saturated heterocycles. The summed E-state index contributed by atoms with van der Waals surface area (Å²) in [5.41, 5.74) is 4.97. The summed E-state index contributed by atoms with van der Waals surface area (Å²) in [6.45, 7) is 7.50. The highest BCUT2D eigenvalue weighted by molar-refractivity contribution is 5.91. The van der Waals surface area contributed by atoms with Gasteiger partial charge in [0.2, 0.25) is 11.8 Å². The zero-order chi connectivity index (χ0) is 34.4. The highest BCUT2D eigenvalue weighted by atomic mass is 16.7. The summed E-state index contributed by atoms with van der Waals surface area (Å²) >= 11 is 0. The lowest BCUT2D eigenvalue weighted by atomic mass is 9.99. The molecule has 268 valence electrons. The number of benzene rings is 2. The molecule has 0 aliphatic carbocycles. The minimum Gasteiger partial charge on any atom is -0.392 e. The summed E-state index contributed by atoms with van der Waals surface area (Å²) < 4.78 is 13.3. The van der Waals surface area contributed by atoms with Crippen molar-refractivity contribution in [2.45, 2.75) is 142 Å². The SMILES string of the molecule is CCCCCCCCN(CCCCCCCC)CC1CC(c2ccc(CO)cc2)OC(c2cccc(NC(=O)CCCC(=O)NO)c2)O1. The Kier molecular flexibility index (Phi) is 19.4.